The number of carbonyl (C=O) groups is 2. The van der Waals surface area contributed by atoms with Crippen LogP contribution in [0.2, 0.25) is 0 Å². The van der Waals surface area contributed by atoms with E-state index in [2.05, 4.69) is 22.5 Å². The second kappa shape index (κ2) is 10.3. The average Bonchev–Trinajstić information content (AvgIpc) is 3.07. The Balaban J connectivity index is 1.60. The van der Waals surface area contributed by atoms with Gasteiger partial charge in [0.1, 0.15) is 11.0 Å². The van der Waals surface area contributed by atoms with E-state index in [0.717, 1.165) is 35.4 Å². The number of amides is 2. The minimum Gasteiger partial charge on any atom is -0.494 e. The van der Waals surface area contributed by atoms with Crippen LogP contribution < -0.4 is 15.4 Å². The number of hydrogen-bond donors (Lipinski definition) is 2. The summed E-state index contributed by atoms with van der Waals surface area (Å²) in [7, 11) is 0. The predicted molar refractivity (Wildman–Crippen MR) is 123 cm³/mol. The Morgan fingerprint density at radius 2 is 1.97 bits per heavy atom. The highest BCUT2D eigenvalue weighted by molar-refractivity contribution is 8.15. The molecule has 0 aliphatic carbocycles. The fraction of sp³-hybridized carbons (Fsp3) is 0.348. The zero-order chi connectivity index (χ0) is 21.5. The standard InChI is InChI=1S/C23H27N3O3S/c1-4-13-29-18-11-9-17(10-12-18)24-20(27)14-19-22(28)26-23(30-19)25-21-15(3)7-6-8-16(21)5-2/h6-12,19H,4-5,13-14H2,1-3H3,(H,24,27)(H,25,26,28)/t19-/m0/s1. The number of aryl methyl sites for hydroxylation is 2. The zero-order valence-corrected chi connectivity index (χ0v) is 18.3. The average molecular weight is 426 g/mol. The van der Waals surface area contributed by atoms with E-state index in [1.165, 1.54) is 11.8 Å². The van der Waals surface area contributed by atoms with Crippen LogP contribution in [0.3, 0.4) is 0 Å². The summed E-state index contributed by atoms with van der Waals surface area (Å²) in [6.45, 7) is 6.79. The lowest BCUT2D eigenvalue weighted by Gasteiger charge is -2.09. The van der Waals surface area contributed by atoms with Gasteiger partial charge in [0.2, 0.25) is 11.8 Å². The van der Waals surface area contributed by atoms with Gasteiger partial charge in [-0.3, -0.25) is 9.59 Å². The number of carbonyl (C=O) groups excluding carboxylic acids is 2. The van der Waals surface area contributed by atoms with Gasteiger partial charge in [0.15, 0.2) is 5.17 Å². The largest absolute Gasteiger partial charge is 0.494 e. The fourth-order valence-electron chi connectivity index (χ4n) is 3.09. The number of benzene rings is 2. The highest BCUT2D eigenvalue weighted by Gasteiger charge is 2.32. The molecule has 2 aromatic carbocycles. The lowest BCUT2D eigenvalue weighted by Crippen LogP contribution is -2.28. The van der Waals surface area contributed by atoms with E-state index in [4.69, 9.17) is 4.74 Å². The molecule has 2 aromatic rings. The van der Waals surface area contributed by atoms with Crippen molar-refractivity contribution < 1.29 is 14.3 Å². The van der Waals surface area contributed by atoms with Crippen molar-refractivity contribution in [3.8, 4) is 5.75 Å². The van der Waals surface area contributed by atoms with Gasteiger partial charge in [0.25, 0.3) is 0 Å². The molecule has 6 nitrogen and oxygen atoms in total. The minimum atomic E-state index is -0.495. The number of hydrogen-bond acceptors (Lipinski definition) is 5. The molecule has 1 aliphatic rings. The molecule has 1 heterocycles. The molecule has 3 rings (SSSR count). The summed E-state index contributed by atoms with van der Waals surface area (Å²) in [6.07, 6.45) is 1.88. The first-order valence-corrected chi connectivity index (χ1v) is 11.1. The summed E-state index contributed by atoms with van der Waals surface area (Å²) >= 11 is 1.30. The maximum Gasteiger partial charge on any atom is 0.240 e. The van der Waals surface area contributed by atoms with E-state index in [-0.39, 0.29) is 18.2 Å². The molecule has 1 aliphatic heterocycles. The minimum absolute atomic E-state index is 0.0814. The first-order chi connectivity index (χ1) is 14.5. The van der Waals surface area contributed by atoms with Gasteiger partial charge in [-0.05, 0) is 55.2 Å². The van der Waals surface area contributed by atoms with E-state index in [1.54, 1.807) is 12.1 Å². The monoisotopic (exact) mass is 425 g/mol. The molecule has 0 spiro atoms. The number of nitrogens with one attached hydrogen (secondary N) is 2. The Labute approximate surface area is 181 Å². The van der Waals surface area contributed by atoms with E-state index < -0.39 is 5.25 Å². The van der Waals surface area contributed by atoms with Gasteiger partial charge in [-0.2, -0.15) is 0 Å². The van der Waals surface area contributed by atoms with Crippen molar-refractivity contribution in [3.05, 3.63) is 53.6 Å². The Kier molecular flexibility index (Phi) is 7.52. The normalized spacial score (nSPS) is 17.1. The quantitative estimate of drug-likeness (QED) is 0.648. The third-order valence-electron chi connectivity index (χ3n) is 4.67. The number of anilines is 1. The first kappa shape index (κ1) is 21.9. The molecule has 0 bridgehead atoms. The molecule has 0 unspecified atom stereocenters. The van der Waals surface area contributed by atoms with Crippen molar-refractivity contribution in [1.82, 2.24) is 5.32 Å². The molecule has 1 fully saturated rings. The van der Waals surface area contributed by atoms with Crippen LogP contribution in [0.25, 0.3) is 0 Å². The van der Waals surface area contributed by atoms with Gasteiger partial charge >= 0.3 is 0 Å². The van der Waals surface area contributed by atoms with Crippen molar-refractivity contribution >= 4 is 40.1 Å². The number of nitrogens with zero attached hydrogens (tertiary/aromatic N) is 1. The van der Waals surface area contributed by atoms with Crippen molar-refractivity contribution in [2.24, 2.45) is 4.99 Å². The van der Waals surface area contributed by atoms with E-state index in [0.29, 0.717) is 17.5 Å². The van der Waals surface area contributed by atoms with Gasteiger partial charge in [0, 0.05) is 12.1 Å². The van der Waals surface area contributed by atoms with Gasteiger partial charge in [-0.15, -0.1) is 0 Å². The molecule has 0 radical (unpaired) electrons. The molecular formula is C23H27N3O3S. The van der Waals surface area contributed by atoms with Crippen molar-refractivity contribution in [2.75, 3.05) is 11.9 Å². The summed E-state index contributed by atoms with van der Waals surface area (Å²) in [5.74, 6) is 0.365. The van der Waals surface area contributed by atoms with Crippen molar-refractivity contribution in [1.29, 1.82) is 0 Å². The number of amidine groups is 1. The second-order valence-electron chi connectivity index (χ2n) is 7.07. The lowest BCUT2D eigenvalue weighted by atomic mass is 10.1. The highest BCUT2D eigenvalue weighted by atomic mass is 32.2. The number of rotatable bonds is 8. The summed E-state index contributed by atoms with van der Waals surface area (Å²) in [5.41, 5.74) is 3.75. The predicted octanol–water partition coefficient (Wildman–Crippen LogP) is 4.59. The van der Waals surface area contributed by atoms with Crippen LogP contribution in [0.4, 0.5) is 11.4 Å². The van der Waals surface area contributed by atoms with Gasteiger partial charge in [0.05, 0.1) is 12.3 Å². The number of para-hydroxylation sites is 1. The third kappa shape index (κ3) is 5.63. The van der Waals surface area contributed by atoms with Crippen LogP contribution in [-0.4, -0.2) is 28.8 Å². The lowest BCUT2D eigenvalue weighted by molar-refractivity contribution is -0.122. The number of aliphatic imine (C=N–C) groups is 1. The summed E-state index contributed by atoms with van der Waals surface area (Å²) in [4.78, 5) is 29.4. The summed E-state index contributed by atoms with van der Waals surface area (Å²) in [5, 5.41) is 5.69. The Bertz CT molecular complexity index is 941. The summed E-state index contributed by atoms with van der Waals surface area (Å²) < 4.78 is 5.54. The topological polar surface area (TPSA) is 79.8 Å². The molecule has 1 atom stereocenters. The molecule has 0 aromatic heterocycles. The molecule has 158 valence electrons. The maximum absolute atomic E-state index is 12.4. The molecule has 1 saturated heterocycles. The van der Waals surface area contributed by atoms with E-state index in [1.807, 2.05) is 44.2 Å². The van der Waals surface area contributed by atoms with Crippen LogP contribution >= 0.6 is 11.8 Å². The van der Waals surface area contributed by atoms with Crippen LogP contribution in [-0.2, 0) is 16.0 Å². The third-order valence-corrected chi connectivity index (χ3v) is 5.76. The molecule has 30 heavy (non-hydrogen) atoms. The molecule has 7 heteroatoms. The highest BCUT2D eigenvalue weighted by Crippen LogP contribution is 2.29. The maximum atomic E-state index is 12.4. The zero-order valence-electron chi connectivity index (χ0n) is 17.5. The second-order valence-corrected chi connectivity index (χ2v) is 8.27. The van der Waals surface area contributed by atoms with Crippen molar-refractivity contribution in [3.63, 3.8) is 0 Å². The van der Waals surface area contributed by atoms with Crippen molar-refractivity contribution in [2.45, 2.75) is 45.3 Å². The first-order valence-electron chi connectivity index (χ1n) is 10.2. The van der Waals surface area contributed by atoms with Crippen LogP contribution in [0.5, 0.6) is 5.75 Å². The van der Waals surface area contributed by atoms with E-state index >= 15 is 0 Å². The van der Waals surface area contributed by atoms with Crippen LogP contribution in [0.1, 0.15) is 37.8 Å². The van der Waals surface area contributed by atoms with Crippen LogP contribution in [0.15, 0.2) is 47.5 Å². The van der Waals surface area contributed by atoms with Gasteiger partial charge < -0.3 is 15.4 Å². The Hall–Kier alpha value is -2.80. The van der Waals surface area contributed by atoms with Gasteiger partial charge in [-0.1, -0.05) is 43.8 Å². The molecular weight excluding hydrogens is 398 g/mol. The van der Waals surface area contributed by atoms with E-state index in [9.17, 15) is 9.59 Å². The molecule has 2 N–H and O–H groups in total. The summed E-state index contributed by atoms with van der Waals surface area (Å²) in [6, 6.07) is 13.3. The number of thioether (sulfide) groups is 1. The number of ether oxygens (including phenoxy) is 1. The van der Waals surface area contributed by atoms with Crippen LogP contribution in [0, 0.1) is 6.92 Å². The molecule has 2 amide bonds. The molecule has 0 saturated carbocycles. The Morgan fingerprint density at radius 1 is 1.20 bits per heavy atom. The smallest absolute Gasteiger partial charge is 0.240 e. The Morgan fingerprint density at radius 3 is 2.67 bits per heavy atom. The van der Waals surface area contributed by atoms with Gasteiger partial charge in [-0.25, -0.2) is 4.99 Å². The fourth-order valence-corrected chi connectivity index (χ4v) is 4.07. The SMILES string of the molecule is CCCOc1ccc(NC(=O)C[C@@H]2SC(=Nc3c(C)cccc3CC)NC2=O)cc1.